The largest absolute Gasteiger partial charge is 0.416 e. The van der Waals surface area contributed by atoms with Crippen LogP contribution in [0.3, 0.4) is 0 Å². The predicted molar refractivity (Wildman–Crippen MR) is 74.4 cm³/mol. The first kappa shape index (κ1) is 16.3. The van der Waals surface area contributed by atoms with E-state index < -0.39 is 23.6 Å². The molecule has 2 rings (SSSR count). The van der Waals surface area contributed by atoms with Gasteiger partial charge in [0.15, 0.2) is 0 Å². The summed E-state index contributed by atoms with van der Waals surface area (Å²) in [5.41, 5.74) is -0.690. The summed E-state index contributed by atoms with van der Waals surface area (Å²) >= 11 is 0. The standard InChI is InChI=1S/C16H21F4N/c1-2-9-21-15(8-5-11-3-4-11)13-10-12(17)6-7-14(13)16(18,19)20/h6-7,10-11,15,21H,2-5,8-9H2,1H3. The Labute approximate surface area is 122 Å². The molecule has 0 radical (unpaired) electrons. The Hall–Kier alpha value is -1.10. The maximum absolute atomic E-state index is 13.4. The van der Waals surface area contributed by atoms with E-state index in [0.29, 0.717) is 18.9 Å². The summed E-state index contributed by atoms with van der Waals surface area (Å²) in [6.45, 7) is 2.59. The van der Waals surface area contributed by atoms with Gasteiger partial charge in [0, 0.05) is 6.04 Å². The third-order valence-electron chi connectivity index (χ3n) is 3.90. The van der Waals surface area contributed by atoms with Gasteiger partial charge in [0.05, 0.1) is 5.56 Å². The van der Waals surface area contributed by atoms with E-state index in [2.05, 4.69) is 5.32 Å². The number of benzene rings is 1. The Morgan fingerprint density at radius 1 is 1.29 bits per heavy atom. The fourth-order valence-corrected chi connectivity index (χ4v) is 2.58. The Kier molecular flexibility index (Phi) is 5.25. The smallest absolute Gasteiger partial charge is 0.310 e. The third kappa shape index (κ3) is 4.70. The number of halogens is 4. The molecule has 1 aliphatic carbocycles. The van der Waals surface area contributed by atoms with E-state index in [0.717, 1.165) is 43.9 Å². The molecular weight excluding hydrogens is 282 g/mol. The molecule has 1 nitrogen and oxygen atoms in total. The van der Waals surface area contributed by atoms with Crippen LogP contribution in [0.1, 0.15) is 56.2 Å². The van der Waals surface area contributed by atoms with Gasteiger partial charge in [0.25, 0.3) is 0 Å². The summed E-state index contributed by atoms with van der Waals surface area (Å²) in [6.07, 6.45) is 0.225. The maximum Gasteiger partial charge on any atom is 0.416 e. The maximum atomic E-state index is 13.4. The van der Waals surface area contributed by atoms with Gasteiger partial charge in [0.2, 0.25) is 0 Å². The first-order valence-electron chi connectivity index (χ1n) is 7.51. The van der Waals surface area contributed by atoms with Gasteiger partial charge < -0.3 is 5.32 Å². The second-order valence-corrected chi connectivity index (χ2v) is 5.76. The van der Waals surface area contributed by atoms with E-state index >= 15 is 0 Å². The van der Waals surface area contributed by atoms with Crippen LogP contribution >= 0.6 is 0 Å². The minimum atomic E-state index is -4.45. The highest BCUT2D eigenvalue weighted by atomic mass is 19.4. The molecule has 0 bridgehead atoms. The minimum absolute atomic E-state index is 0.0385. The van der Waals surface area contributed by atoms with Crippen molar-refractivity contribution in [3.8, 4) is 0 Å². The van der Waals surface area contributed by atoms with Crippen molar-refractivity contribution in [3.63, 3.8) is 0 Å². The lowest BCUT2D eigenvalue weighted by Gasteiger charge is -2.23. The molecule has 1 unspecified atom stereocenters. The SMILES string of the molecule is CCCNC(CCC1CC1)c1cc(F)ccc1C(F)(F)F. The fraction of sp³-hybridized carbons (Fsp3) is 0.625. The average molecular weight is 303 g/mol. The molecule has 1 aromatic carbocycles. The molecule has 0 amide bonds. The molecule has 0 saturated heterocycles. The van der Waals surface area contributed by atoms with Gasteiger partial charge in [0.1, 0.15) is 5.82 Å². The third-order valence-corrected chi connectivity index (χ3v) is 3.90. The fourth-order valence-electron chi connectivity index (χ4n) is 2.58. The Balaban J connectivity index is 2.24. The molecule has 0 aromatic heterocycles. The molecule has 1 N–H and O–H groups in total. The van der Waals surface area contributed by atoms with Crippen LogP contribution in [0.5, 0.6) is 0 Å². The molecular formula is C16H21F4N. The van der Waals surface area contributed by atoms with Crippen LogP contribution in [0.25, 0.3) is 0 Å². The van der Waals surface area contributed by atoms with Crippen molar-refractivity contribution in [1.82, 2.24) is 5.32 Å². The van der Waals surface area contributed by atoms with E-state index in [1.807, 2.05) is 6.92 Å². The van der Waals surface area contributed by atoms with Gasteiger partial charge in [-0.2, -0.15) is 13.2 Å². The van der Waals surface area contributed by atoms with Gasteiger partial charge in [-0.1, -0.05) is 19.8 Å². The summed E-state index contributed by atoms with van der Waals surface area (Å²) in [4.78, 5) is 0. The van der Waals surface area contributed by atoms with Crippen molar-refractivity contribution in [1.29, 1.82) is 0 Å². The first-order chi connectivity index (χ1) is 9.91. The van der Waals surface area contributed by atoms with Crippen molar-refractivity contribution < 1.29 is 17.6 Å². The van der Waals surface area contributed by atoms with Crippen LogP contribution in [0.4, 0.5) is 17.6 Å². The number of nitrogens with one attached hydrogen (secondary N) is 1. The highest BCUT2D eigenvalue weighted by Crippen LogP contribution is 2.39. The molecule has 1 fully saturated rings. The minimum Gasteiger partial charge on any atom is -0.310 e. The molecule has 5 heteroatoms. The average Bonchev–Trinajstić information content (AvgIpc) is 3.21. The molecule has 1 saturated carbocycles. The monoisotopic (exact) mass is 303 g/mol. The summed E-state index contributed by atoms with van der Waals surface area (Å²) in [7, 11) is 0. The molecule has 0 heterocycles. The molecule has 1 atom stereocenters. The predicted octanol–water partition coefficient (Wildman–Crippen LogP) is 5.08. The molecule has 118 valence electrons. The van der Waals surface area contributed by atoms with E-state index in [4.69, 9.17) is 0 Å². The van der Waals surface area contributed by atoms with Gasteiger partial charge >= 0.3 is 6.18 Å². The number of hydrogen-bond donors (Lipinski definition) is 1. The normalized spacial score (nSPS) is 17.0. The zero-order valence-corrected chi connectivity index (χ0v) is 12.1. The van der Waals surface area contributed by atoms with Crippen LogP contribution in [-0.2, 0) is 6.18 Å². The summed E-state index contributed by atoms with van der Waals surface area (Å²) in [5.74, 6) is 0.0199. The van der Waals surface area contributed by atoms with Gasteiger partial charge in [-0.05, 0) is 55.5 Å². The lowest BCUT2D eigenvalue weighted by molar-refractivity contribution is -0.138. The Morgan fingerprint density at radius 3 is 2.57 bits per heavy atom. The van der Waals surface area contributed by atoms with Crippen molar-refractivity contribution >= 4 is 0 Å². The van der Waals surface area contributed by atoms with Crippen molar-refractivity contribution in [3.05, 3.63) is 35.1 Å². The quantitative estimate of drug-likeness (QED) is 0.693. The summed E-state index contributed by atoms with van der Waals surface area (Å²) < 4.78 is 52.8. The van der Waals surface area contributed by atoms with Crippen LogP contribution in [0.15, 0.2) is 18.2 Å². The van der Waals surface area contributed by atoms with Crippen LogP contribution < -0.4 is 5.32 Å². The van der Waals surface area contributed by atoms with Crippen molar-refractivity contribution in [2.24, 2.45) is 5.92 Å². The Bertz CT molecular complexity index is 466. The zero-order valence-electron chi connectivity index (χ0n) is 12.1. The van der Waals surface area contributed by atoms with Gasteiger partial charge in [-0.25, -0.2) is 4.39 Å². The van der Waals surface area contributed by atoms with Crippen LogP contribution in [0, 0.1) is 11.7 Å². The number of rotatable bonds is 7. The molecule has 1 aliphatic rings. The molecule has 0 aliphatic heterocycles. The lowest BCUT2D eigenvalue weighted by Crippen LogP contribution is -2.25. The number of hydrogen-bond acceptors (Lipinski definition) is 1. The highest BCUT2D eigenvalue weighted by molar-refractivity contribution is 5.33. The topological polar surface area (TPSA) is 12.0 Å². The molecule has 1 aromatic rings. The Morgan fingerprint density at radius 2 is 2.00 bits per heavy atom. The lowest BCUT2D eigenvalue weighted by atomic mass is 9.95. The highest BCUT2D eigenvalue weighted by Gasteiger charge is 2.35. The summed E-state index contributed by atoms with van der Waals surface area (Å²) in [5, 5.41) is 3.14. The second kappa shape index (κ2) is 6.77. The summed E-state index contributed by atoms with van der Waals surface area (Å²) in [6, 6.07) is 2.33. The van der Waals surface area contributed by atoms with Crippen LogP contribution in [-0.4, -0.2) is 6.54 Å². The van der Waals surface area contributed by atoms with E-state index in [1.165, 1.54) is 0 Å². The number of alkyl halides is 3. The van der Waals surface area contributed by atoms with Crippen molar-refractivity contribution in [2.45, 2.75) is 51.2 Å². The van der Waals surface area contributed by atoms with E-state index in [9.17, 15) is 17.6 Å². The molecule has 21 heavy (non-hydrogen) atoms. The van der Waals surface area contributed by atoms with Crippen molar-refractivity contribution in [2.75, 3.05) is 6.54 Å². The van der Waals surface area contributed by atoms with E-state index in [1.54, 1.807) is 0 Å². The second-order valence-electron chi connectivity index (χ2n) is 5.76. The molecule has 0 spiro atoms. The zero-order chi connectivity index (χ0) is 15.5. The van der Waals surface area contributed by atoms with Gasteiger partial charge in [-0.3, -0.25) is 0 Å². The first-order valence-corrected chi connectivity index (χ1v) is 7.51. The van der Waals surface area contributed by atoms with E-state index in [-0.39, 0.29) is 5.56 Å². The van der Waals surface area contributed by atoms with Gasteiger partial charge in [-0.15, -0.1) is 0 Å². The van der Waals surface area contributed by atoms with Crippen LogP contribution in [0.2, 0.25) is 0 Å².